The minimum atomic E-state index is 0.117. The molecule has 1 N–H and O–H groups in total. The van der Waals surface area contributed by atoms with Crippen molar-refractivity contribution in [3.63, 3.8) is 0 Å². The number of carbonyl (C=O) groups is 1. The minimum absolute atomic E-state index is 0.117. The minimum Gasteiger partial charge on any atom is -0.494 e. The average molecular weight is 318 g/mol. The number of amides is 1. The molecule has 0 bridgehead atoms. The molecule has 23 heavy (non-hydrogen) atoms. The van der Waals surface area contributed by atoms with Crippen LogP contribution in [0.2, 0.25) is 0 Å². The van der Waals surface area contributed by atoms with Gasteiger partial charge in [-0.05, 0) is 43.0 Å². The zero-order valence-electron chi connectivity index (χ0n) is 14.8. The summed E-state index contributed by atoms with van der Waals surface area (Å²) in [4.78, 5) is 14.5. The standard InChI is InChI=1S/C19H30N2O2/c1-14(2)10-12-23-18-7-5-16(6-8-18)19(22)21-11-9-17(13-21)20-15(3)4/h5-8,14-15,17,20H,9-13H2,1-4H3/t17-/m0/s1. The van der Waals surface area contributed by atoms with E-state index in [1.54, 1.807) is 0 Å². The van der Waals surface area contributed by atoms with E-state index in [-0.39, 0.29) is 5.91 Å². The highest BCUT2D eigenvalue weighted by molar-refractivity contribution is 5.94. The van der Waals surface area contributed by atoms with Gasteiger partial charge in [-0.1, -0.05) is 27.7 Å². The van der Waals surface area contributed by atoms with Crippen LogP contribution in [-0.2, 0) is 0 Å². The second kappa shape index (κ2) is 8.34. The normalized spacial score (nSPS) is 18.0. The molecule has 1 heterocycles. The maximum atomic E-state index is 12.6. The summed E-state index contributed by atoms with van der Waals surface area (Å²) in [6, 6.07) is 8.41. The molecule has 1 aliphatic heterocycles. The van der Waals surface area contributed by atoms with Gasteiger partial charge in [0.1, 0.15) is 5.75 Å². The van der Waals surface area contributed by atoms with E-state index < -0.39 is 0 Å². The Bertz CT molecular complexity index is 497. The van der Waals surface area contributed by atoms with E-state index in [0.29, 0.717) is 18.0 Å². The molecule has 1 aromatic rings. The fraction of sp³-hybridized carbons (Fsp3) is 0.632. The summed E-state index contributed by atoms with van der Waals surface area (Å²) in [5, 5.41) is 3.51. The molecule has 4 nitrogen and oxygen atoms in total. The summed E-state index contributed by atoms with van der Waals surface area (Å²) in [5.41, 5.74) is 0.742. The van der Waals surface area contributed by atoms with Gasteiger partial charge in [0, 0.05) is 30.7 Å². The highest BCUT2D eigenvalue weighted by Gasteiger charge is 2.26. The second-order valence-electron chi connectivity index (χ2n) is 7.11. The number of rotatable bonds is 7. The molecule has 1 aromatic carbocycles. The molecule has 1 atom stereocenters. The molecule has 0 aromatic heterocycles. The Balaban J connectivity index is 1.85. The number of hydrogen-bond acceptors (Lipinski definition) is 3. The van der Waals surface area contributed by atoms with E-state index in [0.717, 1.165) is 43.9 Å². The first-order chi connectivity index (χ1) is 11.0. The van der Waals surface area contributed by atoms with Crippen LogP contribution in [0.3, 0.4) is 0 Å². The lowest BCUT2D eigenvalue weighted by molar-refractivity contribution is 0.0789. The van der Waals surface area contributed by atoms with Crippen molar-refractivity contribution in [1.29, 1.82) is 0 Å². The number of likely N-dealkylation sites (tertiary alicyclic amines) is 1. The Morgan fingerprint density at radius 1 is 1.26 bits per heavy atom. The maximum Gasteiger partial charge on any atom is 0.253 e. The van der Waals surface area contributed by atoms with E-state index in [1.807, 2.05) is 29.2 Å². The quantitative estimate of drug-likeness (QED) is 0.838. The molecule has 0 spiro atoms. The van der Waals surface area contributed by atoms with Gasteiger partial charge in [-0.2, -0.15) is 0 Å². The Morgan fingerprint density at radius 2 is 1.96 bits per heavy atom. The summed E-state index contributed by atoms with van der Waals surface area (Å²) in [5.74, 6) is 1.59. The zero-order chi connectivity index (χ0) is 16.8. The van der Waals surface area contributed by atoms with Crippen LogP contribution in [0.4, 0.5) is 0 Å². The summed E-state index contributed by atoms with van der Waals surface area (Å²) >= 11 is 0. The zero-order valence-corrected chi connectivity index (χ0v) is 14.8. The van der Waals surface area contributed by atoms with Gasteiger partial charge in [-0.15, -0.1) is 0 Å². The monoisotopic (exact) mass is 318 g/mol. The molecule has 4 heteroatoms. The van der Waals surface area contributed by atoms with Crippen LogP contribution >= 0.6 is 0 Å². The fourth-order valence-electron chi connectivity index (χ4n) is 2.84. The summed E-state index contributed by atoms with van der Waals surface area (Å²) < 4.78 is 5.70. The molecule has 1 amide bonds. The summed E-state index contributed by atoms with van der Waals surface area (Å²) in [7, 11) is 0. The first kappa shape index (κ1) is 17.8. The number of ether oxygens (including phenoxy) is 1. The van der Waals surface area contributed by atoms with Gasteiger partial charge < -0.3 is 15.0 Å². The Hall–Kier alpha value is -1.55. The predicted octanol–water partition coefficient (Wildman–Crippen LogP) is 3.32. The number of hydrogen-bond donors (Lipinski definition) is 1. The van der Waals surface area contributed by atoms with Gasteiger partial charge in [-0.25, -0.2) is 0 Å². The van der Waals surface area contributed by atoms with Gasteiger partial charge in [0.15, 0.2) is 0 Å². The first-order valence-corrected chi connectivity index (χ1v) is 8.74. The van der Waals surface area contributed by atoms with E-state index in [2.05, 4.69) is 33.0 Å². The number of benzene rings is 1. The Kier molecular flexibility index (Phi) is 6.46. The fourth-order valence-corrected chi connectivity index (χ4v) is 2.84. The summed E-state index contributed by atoms with van der Waals surface area (Å²) in [6.45, 7) is 11.0. The van der Waals surface area contributed by atoms with Crippen LogP contribution in [0.1, 0.15) is 50.9 Å². The van der Waals surface area contributed by atoms with Gasteiger partial charge in [-0.3, -0.25) is 4.79 Å². The smallest absolute Gasteiger partial charge is 0.253 e. The van der Waals surface area contributed by atoms with Gasteiger partial charge in [0.05, 0.1) is 6.61 Å². The molecule has 2 rings (SSSR count). The molecular formula is C19H30N2O2. The molecule has 0 saturated carbocycles. The molecule has 0 radical (unpaired) electrons. The topological polar surface area (TPSA) is 41.6 Å². The largest absolute Gasteiger partial charge is 0.494 e. The van der Waals surface area contributed by atoms with Crippen LogP contribution in [0.5, 0.6) is 5.75 Å². The first-order valence-electron chi connectivity index (χ1n) is 8.74. The van der Waals surface area contributed by atoms with E-state index in [9.17, 15) is 4.79 Å². The van der Waals surface area contributed by atoms with Crippen molar-refractivity contribution < 1.29 is 9.53 Å². The average Bonchev–Trinajstić information content (AvgIpc) is 2.94. The number of carbonyl (C=O) groups excluding carboxylic acids is 1. The van der Waals surface area contributed by atoms with Crippen LogP contribution in [0, 0.1) is 5.92 Å². The number of nitrogens with one attached hydrogen (secondary N) is 1. The van der Waals surface area contributed by atoms with Crippen molar-refractivity contribution in [2.75, 3.05) is 19.7 Å². The van der Waals surface area contributed by atoms with Crippen molar-refractivity contribution in [2.45, 2.75) is 52.6 Å². The Labute approximate surface area is 140 Å². The number of nitrogens with zero attached hydrogens (tertiary/aromatic N) is 1. The lowest BCUT2D eigenvalue weighted by Crippen LogP contribution is -2.38. The highest BCUT2D eigenvalue weighted by Crippen LogP contribution is 2.18. The van der Waals surface area contributed by atoms with Crippen LogP contribution in [-0.4, -0.2) is 42.6 Å². The Morgan fingerprint density at radius 3 is 2.57 bits per heavy atom. The van der Waals surface area contributed by atoms with Crippen LogP contribution < -0.4 is 10.1 Å². The van der Waals surface area contributed by atoms with Gasteiger partial charge in [0.25, 0.3) is 5.91 Å². The molecule has 0 unspecified atom stereocenters. The lowest BCUT2D eigenvalue weighted by Gasteiger charge is -2.18. The van der Waals surface area contributed by atoms with E-state index >= 15 is 0 Å². The van der Waals surface area contributed by atoms with Crippen LogP contribution in [0.15, 0.2) is 24.3 Å². The molecule has 1 saturated heterocycles. The second-order valence-corrected chi connectivity index (χ2v) is 7.11. The molecule has 0 aliphatic carbocycles. The highest BCUT2D eigenvalue weighted by atomic mass is 16.5. The SMILES string of the molecule is CC(C)CCOc1ccc(C(=O)N2CC[C@H](NC(C)C)C2)cc1. The summed E-state index contributed by atoms with van der Waals surface area (Å²) in [6.07, 6.45) is 2.07. The third-order valence-electron chi connectivity index (χ3n) is 4.11. The van der Waals surface area contributed by atoms with Crippen LogP contribution in [0.25, 0.3) is 0 Å². The van der Waals surface area contributed by atoms with E-state index in [4.69, 9.17) is 4.74 Å². The van der Waals surface area contributed by atoms with Crippen molar-refractivity contribution >= 4 is 5.91 Å². The van der Waals surface area contributed by atoms with Gasteiger partial charge in [0.2, 0.25) is 0 Å². The molecule has 1 fully saturated rings. The van der Waals surface area contributed by atoms with Crippen molar-refractivity contribution in [3.05, 3.63) is 29.8 Å². The molecule has 128 valence electrons. The van der Waals surface area contributed by atoms with Crippen molar-refractivity contribution in [3.8, 4) is 5.75 Å². The lowest BCUT2D eigenvalue weighted by atomic mass is 10.1. The third-order valence-corrected chi connectivity index (χ3v) is 4.11. The molecular weight excluding hydrogens is 288 g/mol. The van der Waals surface area contributed by atoms with Gasteiger partial charge >= 0.3 is 0 Å². The van der Waals surface area contributed by atoms with Crippen molar-refractivity contribution in [1.82, 2.24) is 10.2 Å². The van der Waals surface area contributed by atoms with Crippen molar-refractivity contribution in [2.24, 2.45) is 5.92 Å². The third kappa shape index (κ3) is 5.54. The molecule has 1 aliphatic rings. The maximum absolute atomic E-state index is 12.6. The van der Waals surface area contributed by atoms with E-state index in [1.165, 1.54) is 0 Å². The predicted molar refractivity (Wildman–Crippen MR) is 94.0 cm³/mol.